The quantitative estimate of drug-likeness (QED) is 0.689. The number of amides is 1. The first kappa shape index (κ1) is 9.97. The molecule has 0 bridgehead atoms. The van der Waals surface area contributed by atoms with Crippen LogP contribution in [-0.2, 0) is 4.79 Å². The average Bonchev–Trinajstić information content (AvgIpc) is 2.45. The van der Waals surface area contributed by atoms with E-state index in [-0.39, 0.29) is 11.6 Å². The smallest absolute Gasteiger partial charge is 0.238 e. The van der Waals surface area contributed by atoms with Crippen molar-refractivity contribution in [3.8, 4) is 0 Å². The first-order chi connectivity index (χ1) is 6.66. The molecule has 1 aliphatic carbocycles. The van der Waals surface area contributed by atoms with Crippen LogP contribution in [0.1, 0.15) is 46.0 Å². The lowest BCUT2D eigenvalue weighted by Gasteiger charge is -2.43. The van der Waals surface area contributed by atoms with Crippen LogP contribution in [0.15, 0.2) is 0 Å². The fourth-order valence-corrected chi connectivity index (χ4v) is 2.99. The Balaban J connectivity index is 2.20. The fraction of sp³-hybridized carbons (Fsp3) is 0.909. The van der Waals surface area contributed by atoms with E-state index in [2.05, 4.69) is 24.1 Å². The zero-order chi connectivity index (χ0) is 10.2. The van der Waals surface area contributed by atoms with Gasteiger partial charge in [0.25, 0.3) is 0 Å². The van der Waals surface area contributed by atoms with Crippen molar-refractivity contribution in [3.63, 3.8) is 0 Å². The third-order valence-corrected chi connectivity index (χ3v) is 3.50. The lowest BCUT2D eigenvalue weighted by molar-refractivity contribution is -0.133. The molecule has 1 saturated heterocycles. The molecule has 3 heteroatoms. The molecule has 2 rings (SSSR count). The minimum Gasteiger partial charge on any atom is -0.321 e. The predicted octanol–water partition coefficient (Wildman–Crippen LogP) is 1.49. The van der Waals surface area contributed by atoms with Crippen molar-refractivity contribution in [2.45, 2.75) is 57.7 Å². The van der Waals surface area contributed by atoms with E-state index in [1.165, 1.54) is 19.3 Å². The zero-order valence-corrected chi connectivity index (χ0v) is 9.18. The molecule has 80 valence electrons. The van der Waals surface area contributed by atoms with Gasteiger partial charge in [-0.3, -0.25) is 10.1 Å². The van der Waals surface area contributed by atoms with Gasteiger partial charge in [0, 0.05) is 6.04 Å². The molecule has 3 nitrogen and oxygen atoms in total. The highest BCUT2D eigenvalue weighted by Crippen LogP contribution is 2.35. The molecule has 1 spiro atoms. The van der Waals surface area contributed by atoms with Crippen molar-refractivity contribution in [1.82, 2.24) is 10.2 Å². The summed E-state index contributed by atoms with van der Waals surface area (Å²) < 4.78 is 0. The summed E-state index contributed by atoms with van der Waals surface area (Å²) in [6.45, 7) is 4.76. The number of nitrogens with zero attached hydrogens (tertiary/aromatic N) is 1. The summed E-state index contributed by atoms with van der Waals surface area (Å²) in [7, 11) is 0. The van der Waals surface area contributed by atoms with Crippen molar-refractivity contribution in [1.29, 1.82) is 0 Å². The Bertz CT molecular complexity index is 231. The zero-order valence-electron chi connectivity index (χ0n) is 9.18. The summed E-state index contributed by atoms with van der Waals surface area (Å²) in [5.74, 6) is 0.280. The van der Waals surface area contributed by atoms with Crippen molar-refractivity contribution in [2.24, 2.45) is 0 Å². The average molecular weight is 196 g/mol. The molecule has 1 saturated carbocycles. The second-order valence-corrected chi connectivity index (χ2v) is 4.80. The molecule has 14 heavy (non-hydrogen) atoms. The summed E-state index contributed by atoms with van der Waals surface area (Å²) in [6, 6.07) is 0.329. The van der Waals surface area contributed by atoms with Gasteiger partial charge >= 0.3 is 0 Å². The van der Waals surface area contributed by atoms with E-state index in [0.29, 0.717) is 12.6 Å². The molecule has 2 fully saturated rings. The summed E-state index contributed by atoms with van der Waals surface area (Å²) in [5.41, 5.74) is 0.0174. The van der Waals surface area contributed by atoms with Crippen molar-refractivity contribution in [3.05, 3.63) is 0 Å². The van der Waals surface area contributed by atoms with Crippen LogP contribution in [0.3, 0.4) is 0 Å². The van der Waals surface area contributed by atoms with Crippen LogP contribution in [-0.4, -0.2) is 29.1 Å². The largest absolute Gasteiger partial charge is 0.321 e. The highest BCUT2D eigenvalue weighted by molar-refractivity contribution is 5.81. The summed E-state index contributed by atoms with van der Waals surface area (Å²) in [5, 5.41) is 3.43. The van der Waals surface area contributed by atoms with Crippen molar-refractivity contribution < 1.29 is 4.79 Å². The Morgan fingerprint density at radius 3 is 2.50 bits per heavy atom. The van der Waals surface area contributed by atoms with Gasteiger partial charge in [-0.1, -0.05) is 6.42 Å². The maximum Gasteiger partial charge on any atom is 0.238 e. The van der Waals surface area contributed by atoms with E-state index in [0.717, 1.165) is 12.8 Å². The van der Waals surface area contributed by atoms with Crippen LogP contribution in [0.4, 0.5) is 0 Å². The Morgan fingerprint density at radius 1 is 1.29 bits per heavy atom. The number of rotatable bonds is 1. The van der Waals surface area contributed by atoms with E-state index in [1.54, 1.807) is 0 Å². The molecular formula is C11H20N2O. The fourth-order valence-electron chi connectivity index (χ4n) is 2.99. The molecule has 0 aromatic heterocycles. The van der Waals surface area contributed by atoms with E-state index < -0.39 is 0 Å². The maximum atomic E-state index is 11.8. The number of nitrogens with one attached hydrogen (secondary N) is 1. The minimum absolute atomic E-state index is 0.0174. The van der Waals surface area contributed by atoms with E-state index in [1.807, 2.05) is 0 Å². The molecular weight excluding hydrogens is 176 g/mol. The predicted molar refractivity (Wildman–Crippen MR) is 55.8 cm³/mol. The van der Waals surface area contributed by atoms with Gasteiger partial charge in [0.15, 0.2) is 0 Å². The maximum absolute atomic E-state index is 11.8. The van der Waals surface area contributed by atoms with Gasteiger partial charge in [-0.05, 0) is 39.5 Å². The molecule has 0 radical (unpaired) electrons. The molecule has 1 heterocycles. The number of carbonyl (C=O) groups is 1. The lowest BCUT2D eigenvalue weighted by Crippen LogP contribution is -2.55. The van der Waals surface area contributed by atoms with Crippen molar-refractivity contribution >= 4 is 5.91 Å². The SMILES string of the molecule is CC(C)N1C(=O)CNC12CCCCC2. The summed E-state index contributed by atoms with van der Waals surface area (Å²) in [6.07, 6.45) is 6.10. The van der Waals surface area contributed by atoms with Gasteiger partial charge in [-0.15, -0.1) is 0 Å². The highest BCUT2D eigenvalue weighted by atomic mass is 16.2. The Labute approximate surface area is 85.8 Å². The number of carbonyl (C=O) groups excluding carboxylic acids is 1. The van der Waals surface area contributed by atoms with Crippen LogP contribution >= 0.6 is 0 Å². The Hall–Kier alpha value is -0.570. The second kappa shape index (κ2) is 3.54. The van der Waals surface area contributed by atoms with Crippen LogP contribution in [0.25, 0.3) is 0 Å². The third-order valence-electron chi connectivity index (χ3n) is 3.50. The van der Waals surface area contributed by atoms with Crippen LogP contribution in [0.5, 0.6) is 0 Å². The molecule has 1 amide bonds. The first-order valence-corrected chi connectivity index (χ1v) is 5.73. The molecule has 0 aromatic carbocycles. The molecule has 0 atom stereocenters. The summed E-state index contributed by atoms with van der Waals surface area (Å²) >= 11 is 0. The van der Waals surface area contributed by atoms with Crippen LogP contribution in [0, 0.1) is 0 Å². The van der Waals surface area contributed by atoms with Crippen molar-refractivity contribution in [2.75, 3.05) is 6.54 Å². The van der Waals surface area contributed by atoms with Crippen LogP contribution in [0.2, 0.25) is 0 Å². The van der Waals surface area contributed by atoms with Gasteiger partial charge in [-0.2, -0.15) is 0 Å². The molecule has 0 unspecified atom stereocenters. The van der Waals surface area contributed by atoms with E-state index in [9.17, 15) is 4.79 Å². The second-order valence-electron chi connectivity index (χ2n) is 4.80. The monoisotopic (exact) mass is 196 g/mol. The van der Waals surface area contributed by atoms with Crippen LogP contribution < -0.4 is 5.32 Å². The third kappa shape index (κ3) is 1.44. The molecule has 1 N–H and O–H groups in total. The topological polar surface area (TPSA) is 32.3 Å². The molecule has 2 aliphatic rings. The Morgan fingerprint density at radius 2 is 1.93 bits per heavy atom. The van der Waals surface area contributed by atoms with Gasteiger partial charge in [0.05, 0.1) is 12.2 Å². The van der Waals surface area contributed by atoms with E-state index >= 15 is 0 Å². The minimum atomic E-state index is 0.0174. The molecule has 0 aromatic rings. The summed E-state index contributed by atoms with van der Waals surface area (Å²) in [4.78, 5) is 13.8. The lowest BCUT2D eigenvalue weighted by atomic mass is 9.88. The van der Waals surface area contributed by atoms with Gasteiger partial charge in [0.1, 0.15) is 0 Å². The normalized spacial score (nSPS) is 26.5. The first-order valence-electron chi connectivity index (χ1n) is 5.73. The van der Waals surface area contributed by atoms with Gasteiger partial charge in [-0.25, -0.2) is 0 Å². The van der Waals surface area contributed by atoms with E-state index in [4.69, 9.17) is 0 Å². The van der Waals surface area contributed by atoms with Gasteiger partial charge < -0.3 is 4.90 Å². The number of hydrogen-bond donors (Lipinski definition) is 1. The number of hydrogen-bond acceptors (Lipinski definition) is 2. The van der Waals surface area contributed by atoms with Gasteiger partial charge in [0.2, 0.25) is 5.91 Å². The molecule has 1 aliphatic heterocycles. The standard InChI is InChI=1S/C11H20N2O/c1-9(2)13-10(14)8-12-11(13)6-4-3-5-7-11/h9,12H,3-8H2,1-2H3. The Kier molecular flexibility index (Phi) is 2.52. The highest BCUT2D eigenvalue weighted by Gasteiger charge is 2.46.